The summed E-state index contributed by atoms with van der Waals surface area (Å²) in [4.78, 5) is 14.3. The van der Waals surface area contributed by atoms with Crippen LogP contribution >= 0.6 is 15.9 Å². The highest BCUT2D eigenvalue weighted by Gasteiger charge is 2.40. The van der Waals surface area contributed by atoms with Crippen LogP contribution in [-0.2, 0) is 14.9 Å². The maximum Gasteiger partial charge on any atom is 0.270 e. The predicted octanol–water partition coefficient (Wildman–Crippen LogP) is 3.12. The number of carbonyl (C=O) groups excluding carboxylic acids is 1. The Labute approximate surface area is 128 Å². The van der Waals surface area contributed by atoms with Gasteiger partial charge in [0.05, 0.1) is 5.69 Å². The monoisotopic (exact) mass is 341 g/mol. The molecule has 110 valence electrons. The molecule has 0 N–H and O–H groups in total. The Kier molecular flexibility index (Phi) is 4.70. The van der Waals surface area contributed by atoms with Gasteiger partial charge in [-0.15, -0.1) is 0 Å². The zero-order chi connectivity index (χ0) is 14.8. The summed E-state index contributed by atoms with van der Waals surface area (Å²) in [5.41, 5.74) is 1.14. The van der Waals surface area contributed by atoms with E-state index in [2.05, 4.69) is 15.9 Å². The SMILES string of the molecule is COCCCN1C(=O)C(C)(C)Oc2cc(CBr)ccc21. The fourth-order valence-electron chi connectivity index (χ4n) is 2.29. The molecule has 0 unspecified atom stereocenters. The van der Waals surface area contributed by atoms with Crippen molar-refractivity contribution in [3.63, 3.8) is 0 Å². The van der Waals surface area contributed by atoms with Crippen LogP contribution < -0.4 is 9.64 Å². The topological polar surface area (TPSA) is 38.8 Å². The van der Waals surface area contributed by atoms with Gasteiger partial charge in [-0.3, -0.25) is 4.79 Å². The standard InChI is InChI=1S/C15H20BrNO3/c1-15(2)14(18)17(7-4-8-19-3)12-6-5-11(10-16)9-13(12)20-15/h5-6,9H,4,7-8,10H2,1-3H3. The molecular weight excluding hydrogens is 322 g/mol. The van der Waals surface area contributed by atoms with E-state index in [9.17, 15) is 4.79 Å². The number of hydrogen-bond acceptors (Lipinski definition) is 3. The van der Waals surface area contributed by atoms with Gasteiger partial charge in [-0.05, 0) is 38.0 Å². The Balaban J connectivity index is 2.33. The molecule has 0 saturated heterocycles. The molecule has 4 nitrogen and oxygen atoms in total. The van der Waals surface area contributed by atoms with Crippen molar-refractivity contribution in [3.05, 3.63) is 23.8 Å². The molecule has 0 saturated carbocycles. The van der Waals surface area contributed by atoms with Crippen LogP contribution in [0.5, 0.6) is 5.75 Å². The Morgan fingerprint density at radius 2 is 2.15 bits per heavy atom. The third-order valence-electron chi connectivity index (χ3n) is 3.32. The third kappa shape index (κ3) is 2.99. The Morgan fingerprint density at radius 3 is 2.80 bits per heavy atom. The van der Waals surface area contributed by atoms with E-state index >= 15 is 0 Å². The van der Waals surface area contributed by atoms with Crippen LogP contribution in [0.1, 0.15) is 25.8 Å². The molecular formula is C15H20BrNO3. The van der Waals surface area contributed by atoms with Gasteiger partial charge in [0.2, 0.25) is 0 Å². The van der Waals surface area contributed by atoms with E-state index in [4.69, 9.17) is 9.47 Å². The summed E-state index contributed by atoms with van der Waals surface area (Å²) in [6, 6.07) is 5.94. The number of halogens is 1. The lowest BCUT2D eigenvalue weighted by atomic mass is 10.0. The van der Waals surface area contributed by atoms with Crippen molar-refractivity contribution < 1.29 is 14.3 Å². The lowest BCUT2D eigenvalue weighted by Gasteiger charge is -2.39. The number of anilines is 1. The molecule has 1 aliphatic rings. The zero-order valence-electron chi connectivity index (χ0n) is 12.1. The maximum atomic E-state index is 12.5. The quantitative estimate of drug-likeness (QED) is 0.610. The maximum absolute atomic E-state index is 12.5. The minimum absolute atomic E-state index is 0.00676. The van der Waals surface area contributed by atoms with Gasteiger partial charge < -0.3 is 14.4 Å². The highest BCUT2D eigenvalue weighted by atomic mass is 79.9. The first-order chi connectivity index (χ1) is 9.49. The van der Waals surface area contributed by atoms with E-state index in [0.29, 0.717) is 13.2 Å². The van der Waals surface area contributed by atoms with Crippen molar-refractivity contribution in [1.29, 1.82) is 0 Å². The average Bonchev–Trinajstić information content (AvgIpc) is 2.42. The fraction of sp³-hybridized carbons (Fsp3) is 0.533. The van der Waals surface area contributed by atoms with Crippen LogP contribution in [0.2, 0.25) is 0 Å². The molecule has 0 spiro atoms. The van der Waals surface area contributed by atoms with Crippen molar-refractivity contribution in [3.8, 4) is 5.75 Å². The summed E-state index contributed by atoms with van der Waals surface area (Å²) < 4.78 is 10.9. The Morgan fingerprint density at radius 1 is 1.40 bits per heavy atom. The van der Waals surface area contributed by atoms with Gasteiger partial charge in [-0.2, -0.15) is 0 Å². The van der Waals surface area contributed by atoms with Crippen LogP contribution in [0.25, 0.3) is 0 Å². The first-order valence-electron chi connectivity index (χ1n) is 6.68. The average molecular weight is 342 g/mol. The smallest absolute Gasteiger partial charge is 0.270 e. The van der Waals surface area contributed by atoms with E-state index in [0.717, 1.165) is 28.8 Å². The zero-order valence-corrected chi connectivity index (χ0v) is 13.7. The van der Waals surface area contributed by atoms with Crippen LogP contribution in [-0.4, -0.2) is 31.8 Å². The Hall–Kier alpha value is -1.07. The Bertz CT molecular complexity index is 502. The number of alkyl halides is 1. The van der Waals surface area contributed by atoms with E-state index < -0.39 is 5.60 Å². The van der Waals surface area contributed by atoms with Gasteiger partial charge in [-0.1, -0.05) is 22.0 Å². The van der Waals surface area contributed by atoms with Crippen molar-refractivity contribution >= 4 is 27.5 Å². The molecule has 1 aromatic carbocycles. The van der Waals surface area contributed by atoms with Gasteiger partial charge >= 0.3 is 0 Å². The molecule has 0 aliphatic carbocycles. The number of rotatable bonds is 5. The number of nitrogens with zero attached hydrogens (tertiary/aromatic N) is 1. The second-order valence-corrected chi connectivity index (χ2v) is 5.91. The number of ether oxygens (including phenoxy) is 2. The second-order valence-electron chi connectivity index (χ2n) is 5.35. The van der Waals surface area contributed by atoms with Gasteiger partial charge in [0.15, 0.2) is 5.60 Å². The molecule has 20 heavy (non-hydrogen) atoms. The summed E-state index contributed by atoms with van der Waals surface area (Å²) in [5.74, 6) is 0.761. The van der Waals surface area contributed by atoms with E-state index in [1.807, 2.05) is 32.0 Å². The molecule has 1 amide bonds. The van der Waals surface area contributed by atoms with E-state index in [1.165, 1.54) is 0 Å². The minimum Gasteiger partial charge on any atom is -0.476 e. The van der Waals surface area contributed by atoms with E-state index in [1.54, 1.807) is 12.0 Å². The molecule has 0 bridgehead atoms. The third-order valence-corrected chi connectivity index (χ3v) is 3.97. The van der Waals surface area contributed by atoms with Crippen LogP contribution in [0.4, 0.5) is 5.69 Å². The highest BCUT2D eigenvalue weighted by Crippen LogP contribution is 2.38. The largest absolute Gasteiger partial charge is 0.476 e. The number of fused-ring (bicyclic) bond motifs is 1. The van der Waals surface area contributed by atoms with Crippen molar-refractivity contribution in [1.82, 2.24) is 0 Å². The summed E-state index contributed by atoms with van der Waals surface area (Å²) in [6.45, 7) is 4.89. The molecule has 0 fully saturated rings. The van der Waals surface area contributed by atoms with Crippen molar-refractivity contribution in [2.75, 3.05) is 25.2 Å². The number of benzene rings is 1. The number of carbonyl (C=O) groups is 1. The molecule has 0 atom stereocenters. The van der Waals surface area contributed by atoms with Crippen molar-refractivity contribution in [2.45, 2.75) is 31.2 Å². The lowest BCUT2D eigenvalue weighted by molar-refractivity contribution is -0.132. The summed E-state index contributed by atoms with van der Waals surface area (Å²) in [7, 11) is 1.67. The molecule has 0 aromatic heterocycles. The molecule has 2 rings (SSSR count). The summed E-state index contributed by atoms with van der Waals surface area (Å²) >= 11 is 3.44. The molecule has 0 radical (unpaired) electrons. The molecule has 1 heterocycles. The second kappa shape index (κ2) is 6.14. The fourth-order valence-corrected chi connectivity index (χ4v) is 2.64. The van der Waals surface area contributed by atoms with Gasteiger partial charge in [-0.25, -0.2) is 0 Å². The van der Waals surface area contributed by atoms with Gasteiger partial charge in [0.1, 0.15) is 5.75 Å². The first-order valence-corrected chi connectivity index (χ1v) is 7.80. The van der Waals surface area contributed by atoms with Crippen LogP contribution in [0.15, 0.2) is 18.2 Å². The summed E-state index contributed by atoms with van der Waals surface area (Å²) in [6.07, 6.45) is 0.804. The van der Waals surface area contributed by atoms with Crippen molar-refractivity contribution in [2.24, 2.45) is 0 Å². The minimum atomic E-state index is -0.828. The normalized spacial score (nSPS) is 16.8. The van der Waals surface area contributed by atoms with E-state index in [-0.39, 0.29) is 5.91 Å². The molecule has 5 heteroatoms. The van der Waals surface area contributed by atoms with Crippen LogP contribution in [0.3, 0.4) is 0 Å². The lowest BCUT2D eigenvalue weighted by Crippen LogP contribution is -2.52. The van der Waals surface area contributed by atoms with Crippen LogP contribution in [0, 0.1) is 0 Å². The molecule has 1 aromatic rings. The summed E-state index contributed by atoms with van der Waals surface area (Å²) in [5, 5.41) is 0.766. The molecule has 1 aliphatic heterocycles. The highest BCUT2D eigenvalue weighted by molar-refractivity contribution is 9.08. The number of amides is 1. The van der Waals surface area contributed by atoms with Gasteiger partial charge in [0.25, 0.3) is 5.91 Å². The number of methoxy groups -OCH3 is 1. The van der Waals surface area contributed by atoms with Gasteiger partial charge in [0, 0.05) is 25.6 Å². The first kappa shape index (κ1) is 15.3. The number of hydrogen-bond donors (Lipinski definition) is 0. The predicted molar refractivity (Wildman–Crippen MR) is 82.6 cm³/mol.